The first-order valence-corrected chi connectivity index (χ1v) is 11.3. The van der Waals surface area contributed by atoms with Crippen molar-refractivity contribution in [1.82, 2.24) is 10.2 Å². The molecule has 3 aromatic carbocycles. The summed E-state index contributed by atoms with van der Waals surface area (Å²) in [4.78, 5) is 28.3. The predicted molar refractivity (Wildman–Crippen MR) is 129 cm³/mol. The number of nitrogens with one attached hydrogen (secondary N) is 1. The lowest BCUT2D eigenvalue weighted by Crippen LogP contribution is -2.51. The molecule has 0 saturated carbocycles. The summed E-state index contributed by atoms with van der Waals surface area (Å²) in [6, 6.07) is 22.1. The highest BCUT2D eigenvalue weighted by atomic mass is 35.5. The van der Waals surface area contributed by atoms with E-state index in [2.05, 4.69) is 5.32 Å². The van der Waals surface area contributed by atoms with E-state index in [4.69, 9.17) is 11.6 Å². The number of nitrogens with zero attached hydrogens (tertiary/aromatic N) is 1. The van der Waals surface area contributed by atoms with Crippen LogP contribution < -0.4 is 5.32 Å². The van der Waals surface area contributed by atoms with Crippen LogP contribution in [0, 0.1) is 11.7 Å². The van der Waals surface area contributed by atoms with Crippen molar-refractivity contribution >= 4 is 23.4 Å². The van der Waals surface area contributed by atoms with E-state index < -0.39 is 6.04 Å². The van der Waals surface area contributed by atoms with Gasteiger partial charge in [-0.05, 0) is 34.9 Å². The SMILES string of the molecule is CC(C)C(=O)N(Cc1ccc(F)cc1)[C@H](Cc1ccccc1)C(=O)NCc1ccccc1Cl. The molecular weight excluding hydrogens is 439 g/mol. The molecule has 0 spiro atoms. The van der Waals surface area contributed by atoms with Crippen LogP contribution in [0.3, 0.4) is 0 Å². The molecule has 2 amide bonds. The summed E-state index contributed by atoms with van der Waals surface area (Å²) in [6.45, 7) is 4.07. The molecule has 0 aliphatic heterocycles. The second-order valence-corrected chi connectivity index (χ2v) is 8.67. The van der Waals surface area contributed by atoms with Crippen LogP contribution >= 0.6 is 11.6 Å². The summed E-state index contributed by atoms with van der Waals surface area (Å²) < 4.78 is 13.4. The van der Waals surface area contributed by atoms with Crippen molar-refractivity contribution in [1.29, 1.82) is 0 Å². The lowest BCUT2D eigenvalue weighted by Gasteiger charge is -2.33. The second-order valence-electron chi connectivity index (χ2n) is 8.26. The third kappa shape index (κ3) is 6.90. The molecule has 33 heavy (non-hydrogen) atoms. The van der Waals surface area contributed by atoms with Crippen LogP contribution in [-0.2, 0) is 29.1 Å². The van der Waals surface area contributed by atoms with Gasteiger partial charge in [0.1, 0.15) is 11.9 Å². The van der Waals surface area contributed by atoms with Crippen LogP contribution in [0.1, 0.15) is 30.5 Å². The first-order valence-electron chi connectivity index (χ1n) is 10.9. The van der Waals surface area contributed by atoms with Gasteiger partial charge in [0, 0.05) is 30.5 Å². The van der Waals surface area contributed by atoms with Crippen molar-refractivity contribution in [2.75, 3.05) is 0 Å². The molecule has 3 aromatic rings. The Morgan fingerprint density at radius 1 is 0.909 bits per heavy atom. The van der Waals surface area contributed by atoms with Crippen molar-refractivity contribution in [2.24, 2.45) is 5.92 Å². The van der Waals surface area contributed by atoms with E-state index in [1.54, 1.807) is 36.9 Å². The summed E-state index contributed by atoms with van der Waals surface area (Å²) in [5.74, 6) is -1.07. The Labute approximate surface area is 199 Å². The molecule has 3 rings (SSSR count). The minimum atomic E-state index is -0.741. The minimum Gasteiger partial charge on any atom is -0.350 e. The van der Waals surface area contributed by atoms with Crippen LogP contribution in [0.15, 0.2) is 78.9 Å². The Kier molecular flexibility index (Phi) is 8.61. The summed E-state index contributed by atoms with van der Waals surface area (Å²) >= 11 is 6.25. The fourth-order valence-electron chi connectivity index (χ4n) is 3.58. The predicted octanol–water partition coefficient (Wildman–Crippen LogP) is 5.39. The monoisotopic (exact) mass is 466 g/mol. The molecule has 0 aliphatic carbocycles. The molecule has 0 aliphatic rings. The van der Waals surface area contributed by atoms with E-state index in [0.717, 1.165) is 16.7 Å². The van der Waals surface area contributed by atoms with Crippen molar-refractivity contribution < 1.29 is 14.0 Å². The van der Waals surface area contributed by atoms with Gasteiger partial charge in [0.2, 0.25) is 11.8 Å². The third-order valence-corrected chi connectivity index (χ3v) is 5.77. The quantitative estimate of drug-likeness (QED) is 0.459. The summed E-state index contributed by atoms with van der Waals surface area (Å²) in [7, 11) is 0. The van der Waals surface area contributed by atoms with Crippen LogP contribution in [0.5, 0.6) is 0 Å². The highest BCUT2D eigenvalue weighted by Crippen LogP contribution is 2.19. The van der Waals surface area contributed by atoms with Gasteiger partial charge in [-0.1, -0.05) is 86.1 Å². The molecule has 6 heteroatoms. The molecule has 0 bridgehead atoms. The zero-order valence-electron chi connectivity index (χ0n) is 18.8. The largest absolute Gasteiger partial charge is 0.350 e. The Bertz CT molecular complexity index is 1070. The number of hydrogen-bond donors (Lipinski definition) is 1. The van der Waals surface area contributed by atoms with E-state index in [-0.39, 0.29) is 36.6 Å². The lowest BCUT2D eigenvalue weighted by molar-refractivity contribution is -0.143. The number of amides is 2. The lowest BCUT2D eigenvalue weighted by atomic mass is 10.0. The maximum absolute atomic E-state index is 13.4. The van der Waals surface area contributed by atoms with Gasteiger partial charge in [0.15, 0.2) is 0 Å². The first-order chi connectivity index (χ1) is 15.8. The summed E-state index contributed by atoms with van der Waals surface area (Å²) in [5.41, 5.74) is 2.49. The molecule has 0 fully saturated rings. The zero-order chi connectivity index (χ0) is 23.8. The molecular formula is C27H28ClFN2O2. The Morgan fingerprint density at radius 2 is 1.55 bits per heavy atom. The molecule has 0 heterocycles. The first kappa shape index (κ1) is 24.5. The van der Waals surface area contributed by atoms with E-state index >= 15 is 0 Å². The Balaban J connectivity index is 1.90. The zero-order valence-corrected chi connectivity index (χ0v) is 19.6. The standard InChI is InChI=1S/C27H28ClFN2O2/c1-19(2)27(33)31(18-21-12-14-23(29)15-13-21)25(16-20-8-4-3-5-9-20)26(32)30-17-22-10-6-7-11-24(22)28/h3-15,19,25H,16-18H2,1-2H3,(H,30,32)/t25-/m1/s1. The second kappa shape index (κ2) is 11.6. The van der Waals surface area contributed by atoms with Gasteiger partial charge in [-0.2, -0.15) is 0 Å². The van der Waals surface area contributed by atoms with Crippen LogP contribution in [-0.4, -0.2) is 22.8 Å². The maximum Gasteiger partial charge on any atom is 0.243 e. The van der Waals surface area contributed by atoms with Gasteiger partial charge in [-0.15, -0.1) is 0 Å². The molecule has 0 radical (unpaired) electrons. The molecule has 1 N–H and O–H groups in total. The van der Waals surface area contributed by atoms with Crippen LogP contribution in [0.4, 0.5) is 4.39 Å². The molecule has 0 unspecified atom stereocenters. The van der Waals surface area contributed by atoms with E-state index in [1.807, 2.05) is 48.5 Å². The number of halogens is 2. The van der Waals surface area contributed by atoms with Crippen molar-refractivity contribution in [3.63, 3.8) is 0 Å². The average molecular weight is 467 g/mol. The van der Waals surface area contributed by atoms with Gasteiger partial charge in [-0.25, -0.2) is 4.39 Å². The Morgan fingerprint density at radius 3 is 2.18 bits per heavy atom. The maximum atomic E-state index is 13.4. The van der Waals surface area contributed by atoms with Gasteiger partial charge in [-0.3, -0.25) is 9.59 Å². The highest BCUT2D eigenvalue weighted by molar-refractivity contribution is 6.31. The number of benzene rings is 3. The summed E-state index contributed by atoms with van der Waals surface area (Å²) in [6.07, 6.45) is 0.356. The van der Waals surface area contributed by atoms with Crippen LogP contribution in [0.2, 0.25) is 5.02 Å². The summed E-state index contributed by atoms with van der Waals surface area (Å²) in [5, 5.41) is 3.52. The third-order valence-electron chi connectivity index (χ3n) is 5.40. The van der Waals surface area contributed by atoms with Gasteiger partial charge < -0.3 is 10.2 Å². The molecule has 4 nitrogen and oxygen atoms in total. The fraction of sp³-hybridized carbons (Fsp3) is 0.259. The smallest absolute Gasteiger partial charge is 0.243 e. The number of rotatable bonds is 9. The molecule has 0 saturated heterocycles. The van der Waals surface area contributed by atoms with Crippen molar-refractivity contribution in [2.45, 2.75) is 39.4 Å². The normalized spacial score (nSPS) is 11.8. The van der Waals surface area contributed by atoms with E-state index in [0.29, 0.717) is 11.4 Å². The number of hydrogen-bond acceptors (Lipinski definition) is 2. The topological polar surface area (TPSA) is 49.4 Å². The van der Waals surface area contributed by atoms with Gasteiger partial charge >= 0.3 is 0 Å². The average Bonchev–Trinajstić information content (AvgIpc) is 2.82. The van der Waals surface area contributed by atoms with E-state index in [9.17, 15) is 14.0 Å². The number of carbonyl (C=O) groups excluding carboxylic acids is 2. The van der Waals surface area contributed by atoms with Crippen molar-refractivity contribution in [3.8, 4) is 0 Å². The number of carbonyl (C=O) groups is 2. The van der Waals surface area contributed by atoms with Crippen LogP contribution in [0.25, 0.3) is 0 Å². The highest BCUT2D eigenvalue weighted by Gasteiger charge is 2.31. The van der Waals surface area contributed by atoms with Crippen molar-refractivity contribution in [3.05, 3.63) is 106 Å². The minimum absolute atomic E-state index is 0.145. The van der Waals surface area contributed by atoms with E-state index in [1.165, 1.54) is 12.1 Å². The fourth-order valence-corrected chi connectivity index (χ4v) is 3.79. The van der Waals surface area contributed by atoms with Gasteiger partial charge in [0.25, 0.3) is 0 Å². The molecule has 1 atom stereocenters. The molecule has 172 valence electrons. The Hall–Kier alpha value is -3.18. The van der Waals surface area contributed by atoms with Gasteiger partial charge in [0.05, 0.1) is 0 Å². The molecule has 0 aromatic heterocycles.